The van der Waals surface area contributed by atoms with E-state index in [4.69, 9.17) is 9.84 Å². The molecule has 1 N–H and O–H groups in total. The molecule has 0 saturated heterocycles. The molecular weight excluding hydrogens is 344 g/mol. The molecule has 1 aromatic carbocycles. The molecule has 21 heavy (non-hydrogen) atoms. The fraction of sp³-hybridized carbons (Fsp3) is 0.0769. The van der Waals surface area contributed by atoms with Crippen molar-refractivity contribution < 1.29 is 19.6 Å². The number of aromatic carboxylic acids is 1. The van der Waals surface area contributed by atoms with Gasteiger partial charge >= 0.3 is 5.97 Å². The average molecular weight is 353 g/mol. The smallest absolute Gasteiger partial charge is 0.339 e. The van der Waals surface area contributed by atoms with E-state index in [2.05, 4.69) is 20.9 Å². The van der Waals surface area contributed by atoms with Gasteiger partial charge in [0.25, 0.3) is 5.69 Å². The highest BCUT2D eigenvalue weighted by atomic mass is 79.9. The lowest BCUT2D eigenvalue weighted by Crippen LogP contribution is -2.01. The molecule has 2 rings (SSSR count). The number of nitrogens with zero attached hydrogens (tertiary/aromatic N) is 2. The monoisotopic (exact) mass is 352 g/mol. The molecule has 0 unspecified atom stereocenters. The van der Waals surface area contributed by atoms with Crippen molar-refractivity contribution in [3.8, 4) is 11.6 Å². The molecule has 7 nitrogen and oxygen atoms in total. The van der Waals surface area contributed by atoms with Crippen LogP contribution in [0.5, 0.6) is 11.6 Å². The summed E-state index contributed by atoms with van der Waals surface area (Å²) in [5.74, 6) is -0.978. The summed E-state index contributed by atoms with van der Waals surface area (Å²) in [5, 5.41) is 19.8. The van der Waals surface area contributed by atoms with Crippen molar-refractivity contribution in [1.29, 1.82) is 0 Å². The van der Waals surface area contributed by atoms with Gasteiger partial charge in [-0.2, -0.15) is 0 Å². The normalized spacial score (nSPS) is 10.2. The standard InChI is InChI=1S/C13H9BrN2O5/c1-7-2-3-11(9(4-7)13(17)18)21-12-10(14)5-8(6-15-12)16(19)20/h2-6H,1H3,(H,17,18). The fourth-order valence-electron chi connectivity index (χ4n) is 1.59. The van der Waals surface area contributed by atoms with Crippen LogP contribution < -0.4 is 4.74 Å². The number of rotatable bonds is 4. The summed E-state index contributed by atoms with van der Waals surface area (Å²) in [6.07, 6.45) is 1.04. The van der Waals surface area contributed by atoms with Crippen molar-refractivity contribution in [2.75, 3.05) is 0 Å². The van der Waals surface area contributed by atoms with Crippen molar-refractivity contribution in [3.63, 3.8) is 0 Å². The number of benzene rings is 1. The molecular formula is C13H9BrN2O5. The molecule has 0 amide bonds. The van der Waals surface area contributed by atoms with Crippen LogP contribution in [0.4, 0.5) is 5.69 Å². The number of carboxylic acid groups (broad SMARTS) is 1. The Morgan fingerprint density at radius 1 is 1.43 bits per heavy atom. The zero-order valence-electron chi connectivity index (χ0n) is 10.7. The molecule has 0 atom stereocenters. The van der Waals surface area contributed by atoms with Gasteiger partial charge in [0, 0.05) is 6.07 Å². The number of ether oxygens (including phenoxy) is 1. The van der Waals surface area contributed by atoms with Crippen LogP contribution in [0.2, 0.25) is 0 Å². The summed E-state index contributed by atoms with van der Waals surface area (Å²) >= 11 is 3.11. The van der Waals surface area contributed by atoms with E-state index in [9.17, 15) is 14.9 Å². The van der Waals surface area contributed by atoms with Crippen LogP contribution in [0.3, 0.4) is 0 Å². The molecule has 8 heteroatoms. The van der Waals surface area contributed by atoms with Gasteiger partial charge in [-0.05, 0) is 35.0 Å². The summed E-state index contributed by atoms with van der Waals surface area (Å²) in [6.45, 7) is 1.76. The molecule has 0 fully saturated rings. The lowest BCUT2D eigenvalue weighted by atomic mass is 10.1. The lowest BCUT2D eigenvalue weighted by molar-refractivity contribution is -0.385. The van der Waals surface area contributed by atoms with Crippen molar-refractivity contribution in [1.82, 2.24) is 4.98 Å². The molecule has 0 aliphatic carbocycles. The van der Waals surface area contributed by atoms with Crippen LogP contribution in [0.15, 0.2) is 34.9 Å². The number of pyridine rings is 1. The minimum Gasteiger partial charge on any atom is -0.478 e. The Bertz CT molecular complexity index is 732. The van der Waals surface area contributed by atoms with Gasteiger partial charge in [0.15, 0.2) is 0 Å². The zero-order valence-corrected chi connectivity index (χ0v) is 12.3. The molecule has 0 aliphatic rings. The molecule has 0 spiro atoms. The van der Waals surface area contributed by atoms with Crippen LogP contribution in [-0.4, -0.2) is 21.0 Å². The van der Waals surface area contributed by atoms with Crippen molar-refractivity contribution in [2.45, 2.75) is 6.92 Å². The van der Waals surface area contributed by atoms with Gasteiger partial charge in [-0.3, -0.25) is 10.1 Å². The molecule has 0 saturated carbocycles. The number of aromatic nitrogens is 1. The van der Waals surface area contributed by atoms with E-state index in [1.165, 1.54) is 18.2 Å². The van der Waals surface area contributed by atoms with Crippen LogP contribution >= 0.6 is 15.9 Å². The molecule has 0 bridgehead atoms. The first-order valence-corrected chi connectivity index (χ1v) is 6.49. The number of aryl methyl sites for hydroxylation is 1. The SMILES string of the molecule is Cc1ccc(Oc2ncc([N+](=O)[O-])cc2Br)c(C(=O)O)c1. The highest BCUT2D eigenvalue weighted by Crippen LogP contribution is 2.32. The predicted octanol–water partition coefficient (Wildman–Crippen LogP) is 3.55. The Balaban J connectivity index is 2.39. The van der Waals surface area contributed by atoms with Crippen LogP contribution in [0, 0.1) is 17.0 Å². The van der Waals surface area contributed by atoms with E-state index < -0.39 is 10.9 Å². The first kappa shape index (κ1) is 14.9. The summed E-state index contributed by atoms with van der Waals surface area (Å²) < 4.78 is 5.69. The number of carbonyl (C=O) groups is 1. The van der Waals surface area contributed by atoms with Gasteiger partial charge in [-0.25, -0.2) is 9.78 Å². The van der Waals surface area contributed by atoms with E-state index in [0.29, 0.717) is 0 Å². The van der Waals surface area contributed by atoms with E-state index in [-0.39, 0.29) is 27.4 Å². The highest BCUT2D eigenvalue weighted by Gasteiger charge is 2.16. The molecule has 108 valence electrons. The maximum Gasteiger partial charge on any atom is 0.339 e. The molecule has 2 aromatic rings. The topological polar surface area (TPSA) is 103 Å². The third kappa shape index (κ3) is 3.34. The van der Waals surface area contributed by atoms with Crippen molar-refractivity contribution in [2.24, 2.45) is 0 Å². The second-order valence-electron chi connectivity index (χ2n) is 4.14. The second-order valence-corrected chi connectivity index (χ2v) is 5.00. The summed E-state index contributed by atoms with van der Waals surface area (Å²) in [6, 6.07) is 5.91. The minimum atomic E-state index is -1.13. The number of halogens is 1. The highest BCUT2D eigenvalue weighted by molar-refractivity contribution is 9.10. The Hall–Kier alpha value is -2.48. The Morgan fingerprint density at radius 2 is 2.14 bits per heavy atom. The van der Waals surface area contributed by atoms with Crippen LogP contribution in [0.25, 0.3) is 0 Å². The first-order chi connectivity index (χ1) is 9.88. The maximum absolute atomic E-state index is 11.2. The van der Waals surface area contributed by atoms with Crippen LogP contribution in [-0.2, 0) is 0 Å². The quantitative estimate of drug-likeness (QED) is 0.666. The largest absolute Gasteiger partial charge is 0.478 e. The zero-order chi connectivity index (χ0) is 15.6. The summed E-state index contributed by atoms with van der Waals surface area (Å²) in [5.41, 5.74) is 0.564. The van der Waals surface area contributed by atoms with Gasteiger partial charge in [0.05, 0.1) is 9.40 Å². The van der Waals surface area contributed by atoms with E-state index in [1.54, 1.807) is 13.0 Å². The van der Waals surface area contributed by atoms with Gasteiger partial charge < -0.3 is 9.84 Å². The van der Waals surface area contributed by atoms with Gasteiger partial charge in [-0.1, -0.05) is 11.6 Å². The fourth-order valence-corrected chi connectivity index (χ4v) is 2.01. The number of hydrogen-bond acceptors (Lipinski definition) is 5. The number of carboxylic acids is 1. The summed E-state index contributed by atoms with van der Waals surface area (Å²) in [4.78, 5) is 25.0. The first-order valence-electron chi connectivity index (χ1n) is 5.70. The van der Waals surface area contributed by atoms with E-state index in [0.717, 1.165) is 11.8 Å². The summed E-state index contributed by atoms with van der Waals surface area (Å²) in [7, 11) is 0. The number of hydrogen-bond donors (Lipinski definition) is 1. The van der Waals surface area contributed by atoms with Crippen molar-refractivity contribution >= 4 is 27.6 Å². The molecule has 0 radical (unpaired) electrons. The third-order valence-electron chi connectivity index (χ3n) is 2.58. The molecule has 0 aliphatic heterocycles. The predicted molar refractivity (Wildman–Crippen MR) is 76.8 cm³/mol. The van der Waals surface area contributed by atoms with E-state index >= 15 is 0 Å². The Kier molecular flexibility index (Phi) is 4.18. The lowest BCUT2D eigenvalue weighted by Gasteiger charge is -2.09. The minimum absolute atomic E-state index is 0.0120. The molecule has 1 heterocycles. The van der Waals surface area contributed by atoms with E-state index in [1.807, 2.05) is 0 Å². The third-order valence-corrected chi connectivity index (χ3v) is 3.14. The Morgan fingerprint density at radius 3 is 2.71 bits per heavy atom. The maximum atomic E-state index is 11.2. The molecule has 1 aromatic heterocycles. The van der Waals surface area contributed by atoms with Gasteiger partial charge in [-0.15, -0.1) is 0 Å². The number of nitro groups is 1. The second kappa shape index (κ2) is 5.88. The van der Waals surface area contributed by atoms with Gasteiger partial charge in [0.2, 0.25) is 5.88 Å². The Labute approximate surface area is 127 Å². The van der Waals surface area contributed by atoms with Crippen molar-refractivity contribution in [3.05, 3.63) is 56.2 Å². The van der Waals surface area contributed by atoms with Crippen LogP contribution in [0.1, 0.15) is 15.9 Å². The average Bonchev–Trinajstić information content (AvgIpc) is 2.42. The van der Waals surface area contributed by atoms with Gasteiger partial charge in [0.1, 0.15) is 17.5 Å².